The molecule has 0 N–H and O–H groups in total. The Morgan fingerprint density at radius 3 is 1.55 bits per heavy atom. The third-order valence-electron chi connectivity index (χ3n) is 11.5. The average Bonchev–Trinajstić information content (AvgIpc) is 3.66. The number of nitrogens with zero attached hydrogens (tertiary/aromatic N) is 3. The van der Waals surface area contributed by atoms with Gasteiger partial charge in [-0.2, -0.15) is 0 Å². The third kappa shape index (κ3) is 5.72. The van der Waals surface area contributed by atoms with Gasteiger partial charge in [0, 0.05) is 51.2 Å². The smallest absolute Gasteiger partial charge is 0.0625 e. The van der Waals surface area contributed by atoms with Crippen LogP contribution in [-0.2, 0) is 0 Å². The van der Waals surface area contributed by atoms with Crippen LogP contribution in [0.15, 0.2) is 225 Å². The summed E-state index contributed by atoms with van der Waals surface area (Å²) in [4.78, 5) is 6.60. The maximum Gasteiger partial charge on any atom is 0.0625 e. The molecule has 58 heavy (non-hydrogen) atoms. The fourth-order valence-electron chi connectivity index (χ4n) is 8.74. The molecule has 0 bridgehead atoms. The highest BCUT2D eigenvalue weighted by Gasteiger charge is 2.20. The molecule has 8 aromatic carbocycles. The van der Waals surface area contributed by atoms with E-state index in [0.717, 1.165) is 28.2 Å². The lowest BCUT2D eigenvalue weighted by Gasteiger charge is -2.26. The summed E-state index contributed by atoms with van der Waals surface area (Å²) < 4.78 is 2.49. The highest BCUT2D eigenvalue weighted by molar-refractivity contribution is 6.22. The van der Waals surface area contributed by atoms with Gasteiger partial charge >= 0.3 is 0 Å². The van der Waals surface area contributed by atoms with Gasteiger partial charge in [-0.05, 0) is 92.9 Å². The van der Waals surface area contributed by atoms with Gasteiger partial charge in [-0.25, -0.2) is 0 Å². The molecule has 0 fully saturated rings. The summed E-state index contributed by atoms with van der Waals surface area (Å²) in [7, 11) is 0. The summed E-state index contributed by atoms with van der Waals surface area (Å²) in [5.41, 5.74) is 16.5. The minimum absolute atomic E-state index is 1.06. The van der Waals surface area contributed by atoms with Crippen LogP contribution in [0.2, 0.25) is 0 Å². The van der Waals surface area contributed by atoms with E-state index in [1.807, 2.05) is 12.4 Å². The molecule has 0 aliphatic heterocycles. The van der Waals surface area contributed by atoms with Gasteiger partial charge < -0.3 is 9.30 Å². The normalized spacial score (nSPS) is 11.4. The summed E-state index contributed by atoms with van der Waals surface area (Å²) in [5, 5.41) is 5.03. The van der Waals surface area contributed by atoms with E-state index in [2.05, 4.69) is 227 Å². The van der Waals surface area contributed by atoms with E-state index in [-0.39, 0.29) is 0 Å². The fraction of sp³-hybridized carbons (Fsp3) is 0. The van der Waals surface area contributed by atoms with Crippen molar-refractivity contribution in [1.82, 2.24) is 9.38 Å². The Hall–Kier alpha value is -7.75. The number of hydrogen-bond acceptors (Lipinski definition) is 2. The molecule has 272 valence electrons. The number of hydrogen-bond donors (Lipinski definition) is 0. The van der Waals surface area contributed by atoms with Crippen molar-refractivity contribution in [2.45, 2.75) is 0 Å². The van der Waals surface area contributed by atoms with Crippen LogP contribution in [0.3, 0.4) is 0 Å². The number of pyridine rings is 2. The lowest BCUT2D eigenvalue weighted by Crippen LogP contribution is -2.10. The molecule has 0 aliphatic rings. The van der Waals surface area contributed by atoms with Crippen molar-refractivity contribution in [3.05, 3.63) is 225 Å². The van der Waals surface area contributed by atoms with Crippen molar-refractivity contribution >= 4 is 55.2 Å². The summed E-state index contributed by atoms with van der Waals surface area (Å²) in [6, 6.07) is 76.7. The van der Waals surface area contributed by atoms with Gasteiger partial charge in [0.1, 0.15) is 0 Å². The Morgan fingerprint density at radius 1 is 0.310 bits per heavy atom. The largest absolute Gasteiger partial charge is 0.310 e. The van der Waals surface area contributed by atoms with Crippen LogP contribution < -0.4 is 4.90 Å². The molecule has 3 aromatic heterocycles. The van der Waals surface area contributed by atoms with Gasteiger partial charge in [0.25, 0.3) is 0 Å². The van der Waals surface area contributed by atoms with Gasteiger partial charge in [0.05, 0.1) is 16.6 Å². The van der Waals surface area contributed by atoms with Crippen LogP contribution in [0, 0.1) is 0 Å². The molecular formula is C55H37N3. The zero-order valence-electron chi connectivity index (χ0n) is 31.7. The first-order valence-corrected chi connectivity index (χ1v) is 19.8. The summed E-state index contributed by atoms with van der Waals surface area (Å²) in [6.45, 7) is 0. The molecule has 3 nitrogen and oxygen atoms in total. The third-order valence-corrected chi connectivity index (χ3v) is 11.5. The lowest BCUT2D eigenvalue weighted by molar-refractivity contribution is 1.24. The summed E-state index contributed by atoms with van der Waals surface area (Å²) in [5.74, 6) is 0. The highest BCUT2D eigenvalue weighted by Crippen LogP contribution is 2.43. The number of fused-ring (bicyclic) bond motifs is 8. The molecule has 0 amide bonds. The van der Waals surface area contributed by atoms with Crippen molar-refractivity contribution in [3.8, 4) is 44.5 Å². The number of para-hydroxylation sites is 1. The zero-order chi connectivity index (χ0) is 38.4. The molecule has 0 radical (unpaired) electrons. The van der Waals surface area contributed by atoms with Gasteiger partial charge in [-0.15, -0.1) is 0 Å². The van der Waals surface area contributed by atoms with E-state index in [1.165, 1.54) is 71.5 Å². The number of aromatic nitrogens is 2. The highest BCUT2D eigenvalue weighted by atomic mass is 15.1. The van der Waals surface area contributed by atoms with Gasteiger partial charge in [0.15, 0.2) is 0 Å². The topological polar surface area (TPSA) is 20.5 Å². The Balaban J connectivity index is 0.994. The minimum Gasteiger partial charge on any atom is -0.310 e. The van der Waals surface area contributed by atoms with Crippen LogP contribution in [0.4, 0.5) is 17.1 Å². The zero-order valence-corrected chi connectivity index (χ0v) is 31.7. The summed E-state index contributed by atoms with van der Waals surface area (Å²) >= 11 is 0. The predicted molar refractivity (Wildman–Crippen MR) is 244 cm³/mol. The van der Waals surface area contributed by atoms with Crippen LogP contribution in [0.5, 0.6) is 0 Å². The average molecular weight is 740 g/mol. The van der Waals surface area contributed by atoms with E-state index in [0.29, 0.717) is 0 Å². The number of anilines is 3. The van der Waals surface area contributed by atoms with E-state index >= 15 is 0 Å². The molecule has 0 atom stereocenters. The molecule has 0 saturated heterocycles. The van der Waals surface area contributed by atoms with E-state index in [4.69, 9.17) is 0 Å². The van der Waals surface area contributed by atoms with Crippen molar-refractivity contribution < 1.29 is 0 Å². The van der Waals surface area contributed by atoms with Gasteiger partial charge in [-0.1, -0.05) is 164 Å². The molecule has 0 saturated carbocycles. The first-order chi connectivity index (χ1) is 28.8. The fourth-order valence-corrected chi connectivity index (χ4v) is 8.74. The van der Waals surface area contributed by atoms with Crippen LogP contribution in [0.1, 0.15) is 0 Å². The quantitative estimate of drug-likeness (QED) is 0.152. The molecule has 11 rings (SSSR count). The van der Waals surface area contributed by atoms with Gasteiger partial charge in [0.2, 0.25) is 0 Å². The Kier molecular flexibility index (Phi) is 8.15. The first kappa shape index (κ1) is 33.6. The van der Waals surface area contributed by atoms with Crippen molar-refractivity contribution in [2.24, 2.45) is 0 Å². The second-order valence-corrected chi connectivity index (χ2v) is 14.8. The molecule has 3 heterocycles. The monoisotopic (exact) mass is 739 g/mol. The molecule has 0 spiro atoms. The maximum absolute atomic E-state index is 4.31. The SMILES string of the molecule is c1ccc(-c2ccc(N(c3ccncc3)c3cccc(-c4ccc(-c5ccc6c7ccccc7c7c(-c8ccccc8)c8ccccc8n7c6c5)cc4)c3)cc2)cc1. The Bertz CT molecular complexity index is 3240. The minimum atomic E-state index is 1.06. The predicted octanol–water partition coefficient (Wildman–Crippen LogP) is 14.9. The van der Waals surface area contributed by atoms with Crippen LogP contribution in [0.25, 0.3) is 82.6 Å². The van der Waals surface area contributed by atoms with E-state index in [1.54, 1.807) is 0 Å². The van der Waals surface area contributed by atoms with Crippen molar-refractivity contribution in [2.75, 3.05) is 4.90 Å². The second-order valence-electron chi connectivity index (χ2n) is 14.8. The Labute approximate surface area is 337 Å². The number of rotatable bonds is 7. The van der Waals surface area contributed by atoms with Crippen molar-refractivity contribution in [1.29, 1.82) is 0 Å². The van der Waals surface area contributed by atoms with E-state index in [9.17, 15) is 0 Å². The lowest BCUT2D eigenvalue weighted by atomic mass is 9.96. The molecule has 3 heteroatoms. The molecule has 0 unspecified atom stereocenters. The van der Waals surface area contributed by atoms with Crippen LogP contribution >= 0.6 is 0 Å². The second kappa shape index (κ2) is 14.1. The van der Waals surface area contributed by atoms with E-state index < -0.39 is 0 Å². The van der Waals surface area contributed by atoms with Gasteiger partial charge in [-0.3, -0.25) is 4.98 Å². The maximum atomic E-state index is 4.31. The van der Waals surface area contributed by atoms with Crippen molar-refractivity contribution in [3.63, 3.8) is 0 Å². The standard InChI is InChI=1S/C55H37N3/c1-3-12-38(13-4-1)39-26-29-45(30-27-39)57(46-32-34-56-35-33-46)47-17-11-16-43(36-47)40-22-24-41(25-23-40)44-28-31-49-48-18-7-8-19-50(48)55-54(42-14-5-2-6-15-42)51-20-9-10-21-52(51)58(55)53(49)37-44/h1-37H. The van der Waals surface area contributed by atoms with Crippen LogP contribution in [-0.4, -0.2) is 9.38 Å². The summed E-state index contributed by atoms with van der Waals surface area (Å²) in [6.07, 6.45) is 3.70. The first-order valence-electron chi connectivity index (χ1n) is 19.8. The Morgan fingerprint density at radius 2 is 0.828 bits per heavy atom. The molecular weight excluding hydrogens is 703 g/mol. The molecule has 0 aliphatic carbocycles. The molecule has 11 aromatic rings. The number of benzene rings is 8.